The Bertz CT molecular complexity index is 239. The Morgan fingerprint density at radius 2 is 2.33 bits per heavy atom. The van der Waals surface area contributed by atoms with Crippen molar-refractivity contribution in [1.29, 1.82) is 0 Å². The highest BCUT2D eigenvalue weighted by Crippen LogP contribution is 2.06. The Labute approximate surface area is 71.8 Å². The van der Waals surface area contributed by atoms with Crippen LogP contribution >= 0.6 is 0 Å². The summed E-state index contributed by atoms with van der Waals surface area (Å²) in [7, 11) is 0. The van der Waals surface area contributed by atoms with Crippen molar-refractivity contribution in [3.8, 4) is 5.88 Å². The van der Waals surface area contributed by atoms with Gasteiger partial charge in [0.15, 0.2) is 0 Å². The fourth-order valence-corrected chi connectivity index (χ4v) is 0.813. The smallest absolute Gasteiger partial charge is 0.216 e. The molecule has 0 aliphatic carbocycles. The number of hydrogen-bond donors (Lipinski definition) is 1. The molecule has 12 heavy (non-hydrogen) atoms. The third-order valence-corrected chi connectivity index (χ3v) is 1.43. The first-order valence-electron chi connectivity index (χ1n) is 4.00. The van der Waals surface area contributed by atoms with Crippen LogP contribution in [0.5, 0.6) is 5.88 Å². The topological polar surface area (TPSA) is 61.0 Å². The van der Waals surface area contributed by atoms with Gasteiger partial charge in [-0.2, -0.15) is 0 Å². The van der Waals surface area contributed by atoms with Crippen molar-refractivity contribution in [1.82, 2.24) is 9.97 Å². The first kappa shape index (κ1) is 8.93. The standard InChI is InChI=1S/C8H13N3O/c1-2-7-5-8(11-6-10-7)12-4-3-9/h5-6H,2-4,9H2,1H3. The average molecular weight is 167 g/mol. The fourth-order valence-electron chi connectivity index (χ4n) is 0.813. The summed E-state index contributed by atoms with van der Waals surface area (Å²) in [6.07, 6.45) is 2.40. The van der Waals surface area contributed by atoms with Crippen molar-refractivity contribution in [3.05, 3.63) is 18.1 Å². The van der Waals surface area contributed by atoms with E-state index in [1.807, 2.05) is 13.0 Å². The molecule has 0 bridgehead atoms. The summed E-state index contributed by atoms with van der Waals surface area (Å²) in [6.45, 7) is 3.04. The number of aryl methyl sites for hydroxylation is 1. The van der Waals surface area contributed by atoms with Crippen molar-refractivity contribution in [2.45, 2.75) is 13.3 Å². The minimum Gasteiger partial charge on any atom is -0.476 e. The molecule has 0 aliphatic rings. The Morgan fingerprint density at radius 1 is 1.50 bits per heavy atom. The fraction of sp³-hybridized carbons (Fsp3) is 0.500. The molecule has 1 rings (SSSR count). The molecule has 0 fully saturated rings. The molecule has 4 nitrogen and oxygen atoms in total. The predicted molar refractivity (Wildman–Crippen MR) is 46.0 cm³/mol. The van der Waals surface area contributed by atoms with E-state index in [1.54, 1.807) is 0 Å². The molecule has 0 atom stereocenters. The van der Waals surface area contributed by atoms with Gasteiger partial charge in [-0.1, -0.05) is 6.92 Å². The lowest BCUT2D eigenvalue weighted by Gasteiger charge is -2.03. The molecule has 0 radical (unpaired) electrons. The minimum atomic E-state index is 0.500. The van der Waals surface area contributed by atoms with Crippen LogP contribution in [-0.2, 0) is 6.42 Å². The van der Waals surface area contributed by atoms with Crippen LogP contribution < -0.4 is 10.5 Å². The lowest BCUT2D eigenvalue weighted by molar-refractivity contribution is 0.314. The Balaban J connectivity index is 2.60. The second-order valence-corrected chi connectivity index (χ2v) is 2.34. The quantitative estimate of drug-likeness (QED) is 0.704. The van der Waals surface area contributed by atoms with Crippen LogP contribution in [0.1, 0.15) is 12.6 Å². The van der Waals surface area contributed by atoms with Gasteiger partial charge in [0.25, 0.3) is 0 Å². The van der Waals surface area contributed by atoms with Crippen LogP contribution in [0.4, 0.5) is 0 Å². The van der Waals surface area contributed by atoms with Crippen molar-refractivity contribution in [2.75, 3.05) is 13.2 Å². The van der Waals surface area contributed by atoms with Gasteiger partial charge in [0.2, 0.25) is 5.88 Å². The van der Waals surface area contributed by atoms with E-state index in [4.69, 9.17) is 10.5 Å². The van der Waals surface area contributed by atoms with E-state index in [-0.39, 0.29) is 0 Å². The van der Waals surface area contributed by atoms with E-state index in [2.05, 4.69) is 9.97 Å². The van der Waals surface area contributed by atoms with E-state index < -0.39 is 0 Å². The molecule has 0 spiro atoms. The Hall–Kier alpha value is -1.16. The molecular weight excluding hydrogens is 154 g/mol. The molecule has 0 amide bonds. The van der Waals surface area contributed by atoms with Crippen molar-refractivity contribution in [3.63, 3.8) is 0 Å². The molecule has 0 saturated carbocycles. The second kappa shape index (κ2) is 4.66. The number of rotatable bonds is 4. The highest BCUT2D eigenvalue weighted by molar-refractivity contribution is 5.13. The largest absolute Gasteiger partial charge is 0.476 e. The van der Waals surface area contributed by atoms with Gasteiger partial charge < -0.3 is 10.5 Å². The first-order chi connectivity index (χ1) is 5.86. The van der Waals surface area contributed by atoms with Gasteiger partial charge in [0, 0.05) is 18.3 Å². The SMILES string of the molecule is CCc1cc(OCCN)ncn1. The molecule has 1 aromatic heterocycles. The molecule has 0 aromatic carbocycles. The normalized spacial score (nSPS) is 9.83. The van der Waals surface area contributed by atoms with Crippen LogP contribution in [-0.4, -0.2) is 23.1 Å². The zero-order valence-corrected chi connectivity index (χ0v) is 7.16. The van der Waals surface area contributed by atoms with Crippen molar-refractivity contribution < 1.29 is 4.74 Å². The lowest BCUT2D eigenvalue weighted by atomic mass is 10.3. The third-order valence-electron chi connectivity index (χ3n) is 1.43. The monoisotopic (exact) mass is 167 g/mol. The molecule has 0 aliphatic heterocycles. The highest BCUT2D eigenvalue weighted by atomic mass is 16.5. The van der Waals surface area contributed by atoms with Crippen molar-refractivity contribution in [2.24, 2.45) is 5.73 Å². The summed E-state index contributed by atoms with van der Waals surface area (Å²) >= 11 is 0. The van der Waals surface area contributed by atoms with Crippen LogP contribution in [0.15, 0.2) is 12.4 Å². The summed E-state index contributed by atoms with van der Waals surface area (Å²) in [6, 6.07) is 1.83. The zero-order valence-electron chi connectivity index (χ0n) is 7.16. The van der Waals surface area contributed by atoms with Gasteiger partial charge in [-0.3, -0.25) is 0 Å². The summed E-state index contributed by atoms with van der Waals surface area (Å²) < 4.78 is 5.22. The molecule has 66 valence electrons. The molecule has 1 heterocycles. The molecule has 0 unspecified atom stereocenters. The number of hydrogen-bond acceptors (Lipinski definition) is 4. The van der Waals surface area contributed by atoms with E-state index in [0.717, 1.165) is 12.1 Å². The second-order valence-electron chi connectivity index (χ2n) is 2.34. The van der Waals surface area contributed by atoms with Gasteiger partial charge in [-0.25, -0.2) is 9.97 Å². The van der Waals surface area contributed by atoms with Gasteiger partial charge in [-0.05, 0) is 6.42 Å². The summed E-state index contributed by atoms with van der Waals surface area (Å²) in [5.41, 5.74) is 6.26. The Morgan fingerprint density at radius 3 is 3.00 bits per heavy atom. The predicted octanol–water partition coefficient (Wildman–Crippen LogP) is 0.376. The highest BCUT2D eigenvalue weighted by Gasteiger charge is 1.96. The van der Waals surface area contributed by atoms with E-state index in [9.17, 15) is 0 Å². The summed E-state index contributed by atoms with van der Waals surface area (Å²) in [4.78, 5) is 7.98. The number of ether oxygens (including phenoxy) is 1. The third kappa shape index (κ3) is 2.47. The zero-order chi connectivity index (χ0) is 8.81. The maximum Gasteiger partial charge on any atom is 0.216 e. The van der Waals surface area contributed by atoms with Crippen LogP contribution in [0.3, 0.4) is 0 Å². The average Bonchev–Trinajstić information content (AvgIpc) is 2.15. The summed E-state index contributed by atoms with van der Waals surface area (Å²) in [5, 5.41) is 0. The number of aromatic nitrogens is 2. The molecule has 4 heteroatoms. The molecule has 2 N–H and O–H groups in total. The maximum absolute atomic E-state index is 5.28. The van der Waals surface area contributed by atoms with Crippen LogP contribution in [0.25, 0.3) is 0 Å². The molecular formula is C8H13N3O. The van der Waals surface area contributed by atoms with Crippen molar-refractivity contribution >= 4 is 0 Å². The maximum atomic E-state index is 5.28. The van der Waals surface area contributed by atoms with E-state index in [0.29, 0.717) is 19.0 Å². The number of nitrogens with zero attached hydrogens (tertiary/aromatic N) is 2. The molecule has 1 aromatic rings. The Kier molecular flexibility index (Phi) is 3.47. The van der Waals surface area contributed by atoms with Gasteiger partial charge in [0.05, 0.1) is 0 Å². The van der Waals surface area contributed by atoms with Crippen LogP contribution in [0, 0.1) is 0 Å². The van der Waals surface area contributed by atoms with Gasteiger partial charge in [0.1, 0.15) is 12.9 Å². The molecule has 0 saturated heterocycles. The van der Waals surface area contributed by atoms with E-state index in [1.165, 1.54) is 6.33 Å². The van der Waals surface area contributed by atoms with Gasteiger partial charge in [-0.15, -0.1) is 0 Å². The van der Waals surface area contributed by atoms with Gasteiger partial charge >= 0.3 is 0 Å². The summed E-state index contributed by atoms with van der Waals surface area (Å²) in [5.74, 6) is 0.604. The lowest BCUT2D eigenvalue weighted by Crippen LogP contribution is -2.11. The van der Waals surface area contributed by atoms with E-state index >= 15 is 0 Å². The first-order valence-corrected chi connectivity index (χ1v) is 4.00. The minimum absolute atomic E-state index is 0.500. The number of nitrogens with two attached hydrogens (primary N) is 1. The van der Waals surface area contributed by atoms with Crippen LogP contribution in [0.2, 0.25) is 0 Å².